The Morgan fingerprint density at radius 2 is 2.00 bits per heavy atom. The van der Waals surface area contributed by atoms with Crippen LogP contribution in [-0.2, 0) is 13.6 Å². The van der Waals surface area contributed by atoms with Gasteiger partial charge in [-0.1, -0.05) is 6.07 Å². The van der Waals surface area contributed by atoms with Crippen LogP contribution in [0.3, 0.4) is 0 Å². The van der Waals surface area contributed by atoms with E-state index < -0.39 is 0 Å². The lowest BCUT2D eigenvalue weighted by atomic mass is 10.1. The van der Waals surface area contributed by atoms with Gasteiger partial charge in [0.1, 0.15) is 5.65 Å². The molecule has 2 N–H and O–H groups in total. The Balaban J connectivity index is 1.88. The van der Waals surface area contributed by atoms with Crippen LogP contribution in [-0.4, -0.2) is 22.6 Å². The van der Waals surface area contributed by atoms with Crippen molar-refractivity contribution in [3.05, 3.63) is 47.8 Å². The Morgan fingerprint density at radius 1 is 1.21 bits per heavy atom. The zero-order valence-electron chi connectivity index (χ0n) is 13.9. The highest BCUT2D eigenvalue weighted by molar-refractivity contribution is 6.11. The molecule has 1 aromatic carbocycles. The van der Waals surface area contributed by atoms with Gasteiger partial charge in [-0.25, -0.2) is 9.78 Å². The molecule has 2 aromatic heterocycles. The van der Waals surface area contributed by atoms with Gasteiger partial charge in [0, 0.05) is 43.1 Å². The highest BCUT2D eigenvalue weighted by Gasteiger charge is 2.31. The van der Waals surface area contributed by atoms with Gasteiger partial charge in [-0.2, -0.15) is 0 Å². The largest absolute Gasteiger partial charge is 0.399 e. The number of aryl methyl sites for hydroxylation is 2. The van der Waals surface area contributed by atoms with Crippen LogP contribution in [0.25, 0.3) is 11.0 Å². The van der Waals surface area contributed by atoms with E-state index in [0.29, 0.717) is 12.2 Å². The number of aromatic nitrogens is 2. The third-order valence-corrected chi connectivity index (χ3v) is 4.65. The van der Waals surface area contributed by atoms with Crippen LogP contribution in [0.2, 0.25) is 0 Å². The summed E-state index contributed by atoms with van der Waals surface area (Å²) < 4.78 is 1.96. The average Bonchev–Trinajstić information content (AvgIpc) is 2.94. The van der Waals surface area contributed by atoms with Crippen molar-refractivity contribution in [1.29, 1.82) is 0 Å². The second-order valence-corrected chi connectivity index (χ2v) is 6.27. The van der Waals surface area contributed by atoms with E-state index in [2.05, 4.69) is 4.98 Å². The van der Waals surface area contributed by atoms with E-state index in [1.54, 1.807) is 16.8 Å². The quantitative estimate of drug-likeness (QED) is 0.701. The maximum Gasteiger partial charge on any atom is 0.329 e. The van der Waals surface area contributed by atoms with Crippen molar-refractivity contribution in [3.63, 3.8) is 0 Å². The molecule has 0 spiro atoms. The van der Waals surface area contributed by atoms with Gasteiger partial charge in [-0.15, -0.1) is 0 Å². The molecule has 122 valence electrons. The van der Waals surface area contributed by atoms with Crippen LogP contribution in [0.15, 0.2) is 36.7 Å². The molecule has 24 heavy (non-hydrogen) atoms. The Kier molecular flexibility index (Phi) is 3.03. The zero-order chi connectivity index (χ0) is 17.0. The normalized spacial score (nSPS) is 14.4. The number of carbonyl (C=O) groups is 1. The summed E-state index contributed by atoms with van der Waals surface area (Å²) in [4.78, 5) is 21.0. The second kappa shape index (κ2) is 4.99. The molecule has 0 bridgehead atoms. The number of hydrogen-bond donors (Lipinski definition) is 1. The molecule has 3 aromatic rings. The SMILES string of the molecule is Cc1ccc(N)cc1N1Cc2cnc3c(ccn3C)c2N(C)C1=O. The highest BCUT2D eigenvalue weighted by Crippen LogP contribution is 2.37. The van der Waals surface area contributed by atoms with Gasteiger partial charge in [0.2, 0.25) is 0 Å². The number of nitrogen functional groups attached to an aromatic ring is 1. The molecule has 2 amide bonds. The summed E-state index contributed by atoms with van der Waals surface area (Å²) in [6.45, 7) is 2.47. The number of amides is 2. The Labute approximate surface area is 140 Å². The van der Waals surface area contributed by atoms with Crippen molar-refractivity contribution in [2.24, 2.45) is 7.05 Å². The molecule has 0 fully saturated rings. The van der Waals surface area contributed by atoms with Gasteiger partial charge < -0.3 is 10.3 Å². The molecular weight excluding hydrogens is 302 g/mol. The fourth-order valence-corrected chi connectivity index (χ4v) is 3.37. The summed E-state index contributed by atoms with van der Waals surface area (Å²) in [6.07, 6.45) is 3.82. The molecule has 1 aliphatic rings. The van der Waals surface area contributed by atoms with Crippen molar-refractivity contribution < 1.29 is 4.79 Å². The molecule has 0 saturated carbocycles. The van der Waals surface area contributed by atoms with Gasteiger partial charge in [0.15, 0.2) is 0 Å². The van der Waals surface area contributed by atoms with Crippen LogP contribution >= 0.6 is 0 Å². The maximum absolute atomic E-state index is 13.0. The predicted octanol–water partition coefficient (Wildman–Crippen LogP) is 3.04. The fourth-order valence-electron chi connectivity index (χ4n) is 3.37. The molecule has 0 radical (unpaired) electrons. The first-order chi connectivity index (χ1) is 11.5. The van der Waals surface area contributed by atoms with Gasteiger partial charge >= 0.3 is 6.03 Å². The molecule has 6 nitrogen and oxygen atoms in total. The third kappa shape index (κ3) is 1.96. The van der Waals surface area contributed by atoms with E-state index >= 15 is 0 Å². The van der Waals surface area contributed by atoms with E-state index in [-0.39, 0.29) is 6.03 Å². The third-order valence-electron chi connectivity index (χ3n) is 4.65. The molecule has 0 aliphatic carbocycles. The predicted molar refractivity (Wildman–Crippen MR) is 96.3 cm³/mol. The first-order valence-electron chi connectivity index (χ1n) is 7.81. The van der Waals surface area contributed by atoms with Crippen molar-refractivity contribution in [3.8, 4) is 0 Å². The van der Waals surface area contributed by atoms with Crippen molar-refractivity contribution in [1.82, 2.24) is 9.55 Å². The maximum atomic E-state index is 13.0. The van der Waals surface area contributed by atoms with Gasteiger partial charge in [0.25, 0.3) is 0 Å². The summed E-state index contributed by atoms with van der Waals surface area (Å²) in [5.74, 6) is 0. The van der Waals surface area contributed by atoms with Crippen molar-refractivity contribution in [2.45, 2.75) is 13.5 Å². The number of nitrogens with two attached hydrogens (primary N) is 1. The standard InChI is InChI=1S/C18H19N5O/c1-11-4-5-13(19)8-15(11)23-10-12-9-20-17-14(6-7-21(17)2)16(12)22(3)18(23)24/h4-9H,10,19H2,1-3H3. The Bertz CT molecular complexity index is 975. The summed E-state index contributed by atoms with van der Waals surface area (Å²) in [7, 11) is 3.76. The molecule has 6 heteroatoms. The van der Waals surface area contributed by atoms with E-state index in [1.165, 1.54) is 0 Å². The molecule has 0 saturated heterocycles. The summed E-state index contributed by atoms with van der Waals surface area (Å²) in [5.41, 5.74) is 11.3. The average molecular weight is 321 g/mol. The van der Waals surface area contributed by atoms with Crippen molar-refractivity contribution >= 4 is 34.1 Å². The van der Waals surface area contributed by atoms with E-state index in [4.69, 9.17) is 5.73 Å². The number of hydrogen-bond acceptors (Lipinski definition) is 3. The smallest absolute Gasteiger partial charge is 0.329 e. The number of benzene rings is 1. The first-order valence-corrected chi connectivity index (χ1v) is 7.81. The molecule has 0 atom stereocenters. The molecule has 3 heterocycles. The number of urea groups is 1. The van der Waals surface area contributed by atoms with E-state index in [0.717, 1.165) is 33.5 Å². The zero-order valence-corrected chi connectivity index (χ0v) is 13.9. The first kappa shape index (κ1) is 14.6. The second-order valence-electron chi connectivity index (χ2n) is 6.27. The lowest BCUT2D eigenvalue weighted by molar-refractivity contribution is 0.251. The number of pyridine rings is 1. The number of rotatable bonds is 1. The van der Waals surface area contributed by atoms with Crippen LogP contribution in [0.4, 0.5) is 21.9 Å². The van der Waals surface area contributed by atoms with E-state index in [9.17, 15) is 4.79 Å². The molecular formula is C18H19N5O. The van der Waals surface area contributed by atoms with Gasteiger partial charge in [-0.3, -0.25) is 9.80 Å². The van der Waals surface area contributed by atoms with Crippen LogP contribution in [0, 0.1) is 6.92 Å². The topological polar surface area (TPSA) is 67.4 Å². The number of fused-ring (bicyclic) bond motifs is 3. The monoisotopic (exact) mass is 321 g/mol. The Morgan fingerprint density at radius 3 is 2.79 bits per heavy atom. The van der Waals surface area contributed by atoms with Crippen LogP contribution in [0.1, 0.15) is 11.1 Å². The summed E-state index contributed by atoms with van der Waals surface area (Å²) >= 11 is 0. The summed E-state index contributed by atoms with van der Waals surface area (Å²) in [6, 6.07) is 7.58. The molecule has 1 aliphatic heterocycles. The lowest BCUT2D eigenvalue weighted by Crippen LogP contribution is -2.45. The number of nitrogens with zero attached hydrogens (tertiary/aromatic N) is 4. The Hall–Kier alpha value is -3.02. The summed E-state index contributed by atoms with van der Waals surface area (Å²) in [5, 5.41) is 0.995. The molecule has 0 unspecified atom stereocenters. The minimum atomic E-state index is -0.0625. The number of carbonyl (C=O) groups excluding carboxylic acids is 1. The van der Waals surface area contributed by atoms with E-state index in [1.807, 2.05) is 55.2 Å². The van der Waals surface area contributed by atoms with Crippen LogP contribution < -0.4 is 15.5 Å². The minimum absolute atomic E-state index is 0.0625. The van der Waals surface area contributed by atoms with Gasteiger partial charge in [0.05, 0.1) is 17.9 Å². The molecule has 4 rings (SSSR count). The van der Waals surface area contributed by atoms with Gasteiger partial charge in [-0.05, 0) is 30.7 Å². The fraction of sp³-hybridized carbons (Fsp3) is 0.222. The highest BCUT2D eigenvalue weighted by atomic mass is 16.2. The van der Waals surface area contributed by atoms with Crippen molar-refractivity contribution in [2.75, 3.05) is 22.6 Å². The minimum Gasteiger partial charge on any atom is -0.399 e. The van der Waals surface area contributed by atoms with Crippen LogP contribution in [0.5, 0.6) is 0 Å². The lowest BCUT2D eigenvalue weighted by Gasteiger charge is -2.36. The number of anilines is 3.